The van der Waals surface area contributed by atoms with Gasteiger partial charge >= 0.3 is 0 Å². The molecule has 1 unspecified atom stereocenters. The Morgan fingerprint density at radius 3 is 2.59 bits per heavy atom. The van der Waals surface area contributed by atoms with E-state index in [1.165, 1.54) is 25.9 Å². The van der Waals surface area contributed by atoms with Crippen molar-refractivity contribution in [3.63, 3.8) is 0 Å². The van der Waals surface area contributed by atoms with Crippen LogP contribution in [0.4, 0.5) is 0 Å². The Labute approximate surface area is 140 Å². The molecule has 1 aliphatic heterocycles. The molecule has 0 bridgehead atoms. The maximum Gasteiger partial charge on any atom is 0.161 e. The summed E-state index contributed by atoms with van der Waals surface area (Å²) in [6, 6.07) is 7.82. The molecular weight excluding hydrogens is 298 g/mol. The molecule has 1 atom stereocenters. The van der Waals surface area contributed by atoms with Gasteiger partial charge in [0.25, 0.3) is 0 Å². The molecule has 1 aliphatic rings. The zero-order valence-corrected chi connectivity index (χ0v) is 14.5. The summed E-state index contributed by atoms with van der Waals surface area (Å²) in [5.41, 5.74) is 0. The van der Waals surface area contributed by atoms with Crippen molar-refractivity contribution in [1.29, 1.82) is 0 Å². The van der Waals surface area contributed by atoms with Crippen molar-refractivity contribution in [1.82, 2.24) is 4.90 Å². The number of para-hydroxylation sites is 2. The van der Waals surface area contributed by atoms with Crippen LogP contribution in [-0.2, 0) is 0 Å². The van der Waals surface area contributed by atoms with E-state index in [1.807, 2.05) is 31.2 Å². The summed E-state index contributed by atoms with van der Waals surface area (Å²) in [7, 11) is 0. The molecule has 0 N–H and O–H groups in total. The standard InChI is InChI=1S/C18H27NO2.ClH/c1-3-20-17-10-4-5-11-18(17)21-14-7-6-12-19-13-8-9-16(2)15-19;/h4-7,10-11,16H,3,8-9,12-15H2,1-2H3;1H. The Balaban J connectivity index is 0.00000242. The molecule has 0 aromatic heterocycles. The van der Waals surface area contributed by atoms with Gasteiger partial charge in [-0.1, -0.05) is 31.2 Å². The van der Waals surface area contributed by atoms with Crippen molar-refractivity contribution in [3.05, 3.63) is 36.4 Å². The Kier molecular flexibility index (Phi) is 9.02. The van der Waals surface area contributed by atoms with E-state index in [2.05, 4.69) is 24.0 Å². The van der Waals surface area contributed by atoms with E-state index in [-0.39, 0.29) is 12.4 Å². The van der Waals surface area contributed by atoms with Gasteiger partial charge in [-0.2, -0.15) is 0 Å². The summed E-state index contributed by atoms with van der Waals surface area (Å²) < 4.78 is 11.3. The highest BCUT2D eigenvalue weighted by Crippen LogP contribution is 2.26. The second-order valence-electron chi connectivity index (χ2n) is 5.67. The number of piperidine rings is 1. The van der Waals surface area contributed by atoms with Crippen LogP contribution in [-0.4, -0.2) is 37.7 Å². The number of hydrogen-bond donors (Lipinski definition) is 0. The van der Waals surface area contributed by atoms with Crippen molar-refractivity contribution in [3.8, 4) is 11.5 Å². The normalized spacial score (nSPS) is 18.9. The van der Waals surface area contributed by atoms with Crippen LogP contribution in [0.15, 0.2) is 36.4 Å². The van der Waals surface area contributed by atoms with Gasteiger partial charge in [-0.3, -0.25) is 4.90 Å². The third kappa shape index (κ3) is 6.29. The molecule has 1 saturated heterocycles. The van der Waals surface area contributed by atoms with Gasteiger partial charge in [0.1, 0.15) is 6.61 Å². The molecule has 1 aromatic carbocycles. The fourth-order valence-corrected chi connectivity index (χ4v) is 2.73. The van der Waals surface area contributed by atoms with Gasteiger partial charge in [0.05, 0.1) is 6.61 Å². The first-order chi connectivity index (χ1) is 10.3. The maximum absolute atomic E-state index is 5.77. The lowest BCUT2D eigenvalue weighted by Crippen LogP contribution is -2.34. The van der Waals surface area contributed by atoms with Crippen molar-refractivity contribution >= 4 is 12.4 Å². The number of rotatable bonds is 7. The third-order valence-electron chi connectivity index (χ3n) is 3.76. The minimum Gasteiger partial charge on any atom is -0.490 e. The fourth-order valence-electron chi connectivity index (χ4n) is 2.73. The smallest absolute Gasteiger partial charge is 0.161 e. The minimum absolute atomic E-state index is 0. The highest BCUT2D eigenvalue weighted by Gasteiger charge is 2.14. The molecular formula is C18H28ClNO2. The second kappa shape index (κ2) is 10.5. The molecule has 1 heterocycles. The van der Waals surface area contributed by atoms with E-state index < -0.39 is 0 Å². The minimum atomic E-state index is 0. The molecule has 2 rings (SSSR count). The Morgan fingerprint density at radius 2 is 1.91 bits per heavy atom. The van der Waals surface area contributed by atoms with E-state index in [4.69, 9.17) is 9.47 Å². The number of hydrogen-bond acceptors (Lipinski definition) is 3. The first-order valence-electron chi connectivity index (χ1n) is 8.01. The molecule has 1 aromatic rings. The molecule has 0 radical (unpaired) electrons. The summed E-state index contributed by atoms with van der Waals surface area (Å²) >= 11 is 0. The number of likely N-dealkylation sites (tertiary alicyclic amines) is 1. The van der Waals surface area contributed by atoms with Crippen molar-refractivity contribution < 1.29 is 9.47 Å². The quantitative estimate of drug-likeness (QED) is 0.702. The second-order valence-corrected chi connectivity index (χ2v) is 5.67. The molecule has 0 spiro atoms. The van der Waals surface area contributed by atoms with Crippen LogP contribution in [0.3, 0.4) is 0 Å². The average molecular weight is 326 g/mol. The van der Waals surface area contributed by atoms with Gasteiger partial charge in [-0.15, -0.1) is 12.4 Å². The highest BCUT2D eigenvalue weighted by molar-refractivity contribution is 5.85. The van der Waals surface area contributed by atoms with Crippen LogP contribution in [0.5, 0.6) is 11.5 Å². The van der Waals surface area contributed by atoms with E-state index in [0.717, 1.165) is 24.0 Å². The van der Waals surface area contributed by atoms with Crippen molar-refractivity contribution in [2.24, 2.45) is 5.92 Å². The van der Waals surface area contributed by atoms with Gasteiger partial charge in [0.15, 0.2) is 11.5 Å². The first-order valence-corrected chi connectivity index (χ1v) is 8.01. The largest absolute Gasteiger partial charge is 0.490 e. The molecule has 1 fully saturated rings. The van der Waals surface area contributed by atoms with E-state index >= 15 is 0 Å². The molecule has 4 heteroatoms. The summed E-state index contributed by atoms with van der Waals surface area (Å²) in [5.74, 6) is 2.47. The van der Waals surface area contributed by atoms with Crippen LogP contribution in [0.25, 0.3) is 0 Å². The number of benzene rings is 1. The Morgan fingerprint density at radius 1 is 1.18 bits per heavy atom. The Hall–Kier alpha value is -1.19. The predicted octanol–water partition coefficient (Wildman–Crippen LogP) is 4.17. The van der Waals surface area contributed by atoms with Gasteiger partial charge in [-0.05, 0) is 44.4 Å². The third-order valence-corrected chi connectivity index (χ3v) is 3.76. The lowest BCUT2D eigenvalue weighted by molar-refractivity contribution is 0.201. The summed E-state index contributed by atoms with van der Waals surface area (Å²) in [4.78, 5) is 2.51. The van der Waals surface area contributed by atoms with Crippen molar-refractivity contribution in [2.75, 3.05) is 32.8 Å². The molecule has 0 saturated carbocycles. The topological polar surface area (TPSA) is 21.7 Å². The molecule has 22 heavy (non-hydrogen) atoms. The molecule has 0 amide bonds. The summed E-state index contributed by atoms with van der Waals surface area (Å²) in [6.45, 7) is 9.04. The van der Waals surface area contributed by atoms with Gasteiger partial charge in [0, 0.05) is 13.1 Å². The maximum atomic E-state index is 5.77. The summed E-state index contributed by atoms with van der Waals surface area (Å²) in [6.07, 6.45) is 7.01. The van der Waals surface area contributed by atoms with Crippen LogP contribution in [0.1, 0.15) is 26.7 Å². The van der Waals surface area contributed by atoms with Gasteiger partial charge < -0.3 is 9.47 Å². The monoisotopic (exact) mass is 325 g/mol. The van der Waals surface area contributed by atoms with Gasteiger partial charge in [-0.25, -0.2) is 0 Å². The van der Waals surface area contributed by atoms with Gasteiger partial charge in [0.2, 0.25) is 0 Å². The molecule has 124 valence electrons. The van der Waals surface area contributed by atoms with Crippen LogP contribution in [0, 0.1) is 5.92 Å². The molecule has 0 aliphatic carbocycles. The van der Waals surface area contributed by atoms with Crippen LogP contribution >= 0.6 is 12.4 Å². The van der Waals surface area contributed by atoms with E-state index in [9.17, 15) is 0 Å². The lowest BCUT2D eigenvalue weighted by Gasteiger charge is -2.29. The zero-order valence-electron chi connectivity index (χ0n) is 13.7. The average Bonchev–Trinajstić information content (AvgIpc) is 2.49. The number of ether oxygens (including phenoxy) is 2. The zero-order chi connectivity index (χ0) is 14.9. The number of nitrogens with zero attached hydrogens (tertiary/aromatic N) is 1. The first kappa shape index (κ1) is 18.9. The fraction of sp³-hybridized carbons (Fsp3) is 0.556. The highest BCUT2D eigenvalue weighted by atomic mass is 35.5. The van der Waals surface area contributed by atoms with Crippen molar-refractivity contribution in [2.45, 2.75) is 26.7 Å². The predicted molar refractivity (Wildman–Crippen MR) is 94.3 cm³/mol. The van der Waals surface area contributed by atoms with Crippen LogP contribution in [0.2, 0.25) is 0 Å². The Bertz CT molecular complexity index is 450. The SMILES string of the molecule is CCOc1ccccc1OCC=CCN1CCCC(C)C1.Cl. The van der Waals surface area contributed by atoms with Crippen LogP contribution < -0.4 is 9.47 Å². The van der Waals surface area contributed by atoms with E-state index in [1.54, 1.807) is 0 Å². The van der Waals surface area contributed by atoms with E-state index in [0.29, 0.717) is 13.2 Å². The summed E-state index contributed by atoms with van der Waals surface area (Å²) in [5, 5.41) is 0. The molecule has 3 nitrogen and oxygen atoms in total. The lowest BCUT2D eigenvalue weighted by atomic mass is 10.0. The number of halogens is 1.